The molecule has 3 nitrogen and oxygen atoms in total. The summed E-state index contributed by atoms with van der Waals surface area (Å²) in [4.78, 5) is 4.77. The maximum atomic E-state index is 4.77. The molecule has 3 heteroatoms. The van der Waals surface area contributed by atoms with Crippen LogP contribution < -0.4 is 0 Å². The van der Waals surface area contributed by atoms with Crippen molar-refractivity contribution in [3.63, 3.8) is 0 Å². The third kappa shape index (κ3) is 3.73. The van der Waals surface area contributed by atoms with Gasteiger partial charge >= 0.3 is 0 Å². The van der Waals surface area contributed by atoms with E-state index in [1.54, 1.807) is 0 Å². The fraction of sp³-hybridized carbons (Fsp3) is 0. The predicted octanol–water partition coefficient (Wildman–Crippen LogP) is 10.6. The minimum atomic E-state index is 1.11. The summed E-state index contributed by atoms with van der Waals surface area (Å²) in [6, 6.07) is 54.3. The van der Waals surface area contributed by atoms with Gasteiger partial charge in [-0.15, -0.1) is 0 Å². The van der Waals surface area contributed by atoms with Crippen LogP contribution in [0.5, 0.6) is 0 Å². The molecule has 206 valence electrons. The van der Waals surface area contributed by atoms with E-state index >= 15 is 0 Å². The SMILES string of the molecule is c1ccc(-c2ccc(-n3c4ccccc4c4ccc(-c5cncc6c7ccccc7n(-c7ccccc7)c56)cc43)cc2)cc1. The van der Waals surface area contributed by atoms with Crippen LogP contribution in [0.25, 0.3) is 77.2 Å². The van der Waals surface area contributed by atoms with Crippen molar-refractivity contribution in [2.24, 2.45) is 0 Å². The molecule has 9 rings (SSSR count). The van der Waals surface area contributed by atoms with Crippen LogP contribution in [0.2, 0.25) is 0 Å². The van der Waals surface area contributed by atoms with E-state index in [0.717, 1.165) is 27.9 Å². The molecule has 0 N–H and O–H groups in total. The van der Waals surface area contributed by atoms with E-state index in [4.69, 9.17) is 4.98 Å². The van der Waals surface area contributed by atoms with Crippen molar-refractivity contribution in [2.75, 3.05) is 0 Å². The lowest BCUT2D eigenvalue weighted by molar-refractivity contribution is 1.17. The molecular weight excluding hydrogens is 534 g/mol. The lowest BCUT2D eigenvalue weighted by Crippen LogP contribution is -1.96. The molecule has 9 aromatic rings. The average Bonchev–Trinajstić information content (AvgIpc) is 3.62. The van der Waals surface area contributed by atoms with Gasteiger partial charge in [0.05, 0.1) is 22.1 Å². The number of fused-ring (bicyclic) bond motifs is 6. The van der Waals surface area contributed by atoms with Gasteiger partial charge in [0.15, 0.2) is 0 Å². The van der Waals surface area contributed by atoms with E-state index < -0.39 is 0 Å². The molecule has 0 bridgehead atoms. The van der Waals surface area contributed by atoms with Crippen molar-refractivity contribution in [2.45, 2.75) is 0 Å². The zero-order chi connectivity index (χ0) is 29.0. The molecule has 0 radical (unpaired) electrons. The van der Waals surface area contributed by atoms with Crippen LogP contribution >= 0.6 is 0 Å². The Morgan fingerprint density at radius 3 is 1.66 bits per heavy atom. The standard InChI is InChI=1S/C41H27N3/c1-3-11-28(12-4-1)29-19-22-32(23-20-29)43-38-17-9-7-15-33(38)35-24-21-30(25-40(35)43)36-26-42-27-37-34-16-8-10-18-39(34)44(41(36)37)31-13-5-2-6-14-31/h1-27H. The molecule has 0 unspecified atom stereocenters. The van der Waals surface area contributed by atoms with Crippen LogP contribution in [0, 0.1) is 0 Å². The number of para-hydroxylation sites is 3. The molecular formula is C41H27N3. The summed E-state index contributed by atoms with van der Waals surface area (Å²) in [6.45, 7) is 0. The van der Waals surface area contributed by atoms with E-state index in [1.165, 1.54) is 49.4 Å². The van der Waals surface area contributed by atoms with Crippen molar-refractivity contribution in [3.05, 3.63) is 164 Å². The van der Waals surface area contributed by atoms with Gasteiger partial charge in [0.1, 0.15) is 0 Å². The number of rotatable bonds is 4. The first-order valence-electron chi connectivity index (χ1n) is 15.0. The largest absolute Gasteiger partial charge is 0.309 e. The Labute approximate surface area is 254 Å². The molecule has 44 heavy (non-hydrogen) atoms. The van der Waals surface area contributed by atoms with Gasteiger partial charge in [-0.2, -0.15) is 0 Å². The Morgan fingerprint density at radius 2 is 0.909 bits per heavy atom. The van der Waals surface area contributed by atoms with Gasteiger partial charge in [-0.1, -0.05) is 109 Å². The van der Waals surface area contributed by atoms with Gasteiger partial charge in [-0.25, -0.2) is 0 Å². The van der Waals surface area contributed by atoms with Crippen molar-refractivity contribution in [1.29, 1.82) is 0 Å². The first-order valence-corrected chi connectivity index (χ1v) is 15.0. The van der Waals surface area contributed by atoms with Crippen LogP contribution in [0.3, 0.4) is 0 Å². The molecule has 0 atom stereocenters. The van der Waals surface area contributed by atoms with E-state index in [9.17, 15) is 0 Å². The molecule has 0 saturated carbocycles. The van der Waals surface area contributed by atoms with Crippen molar-refractivity contribution < 1.29 is 0 Å². The van der Waals surface area contributed by atoms with Crippen LogP contribution in [0.1, 0.15) is 0 Å². The summed E-state index contributed by atoms with van der Waals surface area (Å²) in [5.74, 6) is 0. The summed E-state index contributed by atoms with van der Waals surface area (Å²) in [5, 5.41) is 4.84. The highest BCUT2D eigenvalue weighted by Crippen LogP contribution is 2.40. The summed E-state index contributed by atoms with van der Waals surface area (Å²) < 4.78 is 4.77. The predicted molar refractivity (Wildman–Crippen MR) is 184 cm³/mol. The number of aromatic nitrogens is 3. The first kappa shape index (κ1) is 24.6. The maximum absolute atomic E-state index is 4.77. The van der Waals surface area contributed by atoms with Gasteiger partial charge in [-0.3, -0.25) is 4.98 Å². The van der Waals surface area contributed by atoms with Crippen LogP contribution in [0.4, 0.5) is 0 Å². The van der Waals surface area contributed by atoms with Crippen LogP contribution in [-0.2, 0) is 0 Å². The van der Waals surface area contributed by atoms with Crippen molar-refractivity contribution in [1.82, 2.24) is 14.1 Å². The Kier molecular flexibility index (Phi) is 5.50. The monoisotopic (exact) mass is 561 g/mol. The second-order valence-electron chi connectivity index (χ2n) is 11.3. The maximum Gasteiger partial charge on any atom is 0.0650 e. The lowest BCUT2D eigenvalue weighted by atomic mass is 10.0. The Bertz CT molecular complexity index is 2470. The highest BCUT2D eigenvalue weighted by atomic mass is 15.0. The Morgan fingerprint density at radius 1 is 0.364 bits per heavy atom. The average molecular weight is 562 g/mol. The third-order valence-electron chi connectivity index (χ3n) is 8.81. The molecule has 0 fully saturated rings. The minimum absolute atomic E-state index is 1.11. The zero-order valence-corrected chi connectivity index (χ0v) is 23.9. The second kappa shape index (κ2) is 9.82. The number of hydrogen-bond acceptors (Lipinski definition) is 1. The molecule has 3 aromatic heterocycles. The lowest BCUT2D eigenvalue weighted by Gasteiger charge is -2.13. The molecule has 3 heterocycles. The molecule has 6 aromatic carbocycles. The topological polar surface area (TPSA) is 22.8 Å². The van der Waals surface area contributed by atoms with Crippen LogP contribution in [-0.4, -0.2) is 14.1 Å². The third-order valence-corrected chi connectivity index (χ3v) is 8.81. The van der Waals surface area contributed by atoms with Gasteiger partial charge < -0.3 is 9.13 Å². The molecule has 0 spiro atoms. The number of hydrogen-bond donors (Lipinski definition) is 0. The molecule has 0 aliphatic heterocycles. The minimum Gasteiger partial charge on any atom is -0.309 e. The van der Waals surface area contributed by atoms with Crippen molar-refractivity contribution >= 4 is 43.6 Å². The number of pyridine rings is 1. The summed E-state index contributed by atoms with van der Waals surface area (Å²) in [5.41, 5.74) is 11.7. The zero-order valence-electron chi connectivity index (χ0n) is 23.9. The number of benzene rings is 6. The highest BCUT2D eigenvalue weighted by Gasteiger charge is 2.19. The summed E-state index contributed by atoms with van der Waals surface area (Å²) in [6.07, 6.45) is 4.02. The Hall–Kier alpha value is -5.93. The fourth-order valence-electron chi connectivity index (χ4n) is 6.81. The highest BCUT2D eigenvalue weighted by molar-refractivity contribution is 6.15. The van der Waals surface area contributed by atoms with E-state index in [1.807, 2.05) is 12.4 Å². The van der Waals surface area contributed by atoms with E-state index in [-0.39, 0.29) is 0 Å². The second-order valence-corrected chi connectivity index (χ2v) is 11.3. The van der Waals surface area contributed by atoms with Gasteiger partial charge in [0.2, 0.25) is 0 Å². The Balaban J connectivity index is 1.30. The van der Waals surface area contributed by atoms with Gasteiger partial charge in [-0.05, 0) is 59.2 Å². The normalized spacial score (nSPS) is 11.6. The van der Waals surface area contributed by atoms with Gasteiger partial charge in [0, 0.05) is 50.9 Å². The summed E-state index contributed by atoms with van der Waals surface area (Å²) >= 11 is 0. The first-order chi connectivity index (χ1) is 21.8. The quantitative estimate of drug-likeness (QED) is 0.210. The molecule has 0 aliphatic carbocycles. The molecule has 0 aliphatic rings. The van der Waals surface area contributed by atoms with Crippen LogP contribution in [0.15, 0.2) is 164 Å². The van der Waals surface area contributed by atoms with E-state index in [0.29, 0.717) is 0 Å². The van der Waals surface area contributed by atoms with E-state index in [2.05, 4.69) is 161 Å². The van der Waals surface area contributed by atoms with Gasteiger partial charge in [0.25, 0.3) is 0 Å². The smallest absolute Gasteiger partial charge is 0.0650 e. The molecule has 0 amide bonds. The number of nitrogens with zero attached hydrogens (tertiary/aromatic N) is 3. The van der Waals surface area contributed by atoms with Crippen molar-refractivity contribution in [3.8, 4) is 33.6 Å². The summed E-state index contributed by atoms with van der Waals surface area (Å²) in [7, 11) is 0. The fourth-order valence-corrected chi connectivity index (χ4v) is 6.81. The molecule has 0 saturated heterocycles.